The van der Waals surface area contributed by atoms with Crippen LogP contribution in [0.25, 0.3) is 11.0 Å². The van der Waals surface area contributed by atoms with Gasteiger partial charge in [0.05, 0.1) is 12.1 Å². The molecule has 1 heterocycles. The molecule has 1 fully saturated rings. The first-order chi connectivity index (χ1) is 10.1. The van der Waals surface area contributed by atoms with Crippen molar-refractivity contribution in [2.45, 2.75) is 44.2 Å². The molecule has 2 atom stereocenters. The second-order valence-corrected chi connectivity index (χ2v) is 5.69. The number of nitrogens with one attached hydrogen (secondary N) is 1. The molecule has 0 aliphatic heterocycles. The second-order valence-electron chi connectivity index (χ2n) is 5.69. The molecule has 5 heteroatoms. The molecule has 3 rings (SSSR count). The van der Waals surface area contributed by atoms with Crippen LogP contribution in [0.5, 0.6) is 0 Å². The predicted molar refractivity (Wildman–Crippen MR) is 81.0 cm³/mol. The number of nitrogen functional groups attached to an aromatic ring is 1. The van der Waals surface area contributed by atoms with Gasteiger partial charge in [0.2, 0.25) is 0 Å². The highest BCUT2D eigenvalue weighted by Crippen LogP contribution is 2.23. The maximum atomic E-state index is 12.3. The van der Waals surface area contributed by atoms with Crippen molar-refractivity contribution in [2.75, 3.05) is 5.73 Å². The van der Waals surface area contributed by atoms with E-state index in [0.717, 1.165) is 37.5 Å². The van der Waals surface area contributed by atoms with Gasteiger partial charge in [-0.25, -0.2) is 0 Å². The van der Waals surface area contributed by atoms with Crippen LogP contribution in [0.1, 0.15) is 42.7 Å². The third-order valence-electron chi connectivity index (χ3n) is 4.06. The molecule has 1 amide bonds. The maximum Gasteiger partial charge on any atom is 0.287 e. The summed E-state index contributed by atoms with van der Waals surface area (Å²) < 4.78 is 5.54. The summed E-state index contributed by atoms with van der Waals surface area (Å²) in [5.74, 6) is -0.0252. The lowest BCUT2D eigenvalue weighted by Gasteiger charge is -2.21. The fraction of sp³-hybridized carbons (Fsp3) is 0.438. The van der Waals surface area contributed by atoms with E-state index in [2.05, 4.69) is 5.32 Å². The molecule has 0 spiro atoms. The summed E-state index contributed by atoms with van der Waals surface area (Å²) in [7, 11) is 0. The van der Waals surface area contributed by atoms with Crippen molar-refractivity contribution in [3.05, 3.63) is 30.0 Å². The van der Waals surface area contributed by atoms with E-state index in [-0.39, 0.29) is 17.7 Å². The first-order valence-electron chi connectivity index (χ1n) is 7.41. The van der Waals surface area contributed by atoms with Crippen LogP contribution in [0.2, 0.25) is 0 Å². The van der Waals surface area contributed by atoms with Gasteiger partial charge >= 0.3 is 0 Å². The van der Waals surface area contributed by atoms with Crippen LogP contribution in [0.4, 0.5) is 5.69 Å². The van der Waals surface area contributed by atoms with Crippen LogP contribution in [0, 0.1) is 0 Å². The van der Waals surface area contributed by atoms with Crippen molar-refractivity contribution in [1.82, 2.24) is 5.32 Å². The number of aliphatic hydroxyl groups is 1. The minimum Gasteiger partial charge on any atom is -0.451 e. The number of hydrogen-bond donors (Lipinski definition) is 3. The number of benzene rings is 1. The molecule has 1 aromatic carbocycles. The highest BCUT2D eigenvalue weighted by Gasteiger charge is 2.24. The molecule has 2 aromatic rings. The topological polar surface area (TPSA) is 88.5 Å². The minimum atomic E-state index is -0.475. The highest BCUT2D eigenvalue weighted by atomic mass is 16.3. The number of aliphatic hydroxyl groups excluding tert-OH is 1. The van der Waals surface area contributed by atoms with Crippen LogP contribution in [0.15, 0.2) is 28.7 Å². The lowest BCUT2D eigenvalue weighted by molar-refractivity contribution is 0.0796. The third kappa shape index (κ3) is 3.03. The van der Waals surface area contributed by atoms with Crippen LogP contribution in [0.3, 0.4) is 0 Å². The monoisotopic (exact) mass is 288 g/mol. The standard InChI is InChI=1S/C16H20N2O3/c17-11-6-7-14-10(8-11)9-15(21-14)16(20)18-12-4-2-1-3-5-13(12)19/h6-9,12-13,19H,1-5,17H2,(H,18,20). The van der Waals surface area contributed by atoms with Crippen LogP contribution in [-0.4, -0.2) is 23.2 Å². The summed E-state index contributed by atoms with van der Waals surface area (Å²) in [6.45, 7) is 0. The second kappa shape index (κ2) is 5.77. The first kappa shape index (κ1) is 13.9. The highest BCUT2D eigenvalue weighted by molar-refractivity contribution is 5.96. The molecular weight excluding hydrogens is 268 g/mol. The van der Waals surface area contributed by atoms with Gasteiger partial charge < -0.3 is 20.6 Å². The molecule has 4 N–H and O–H groups in total. The Labute approximate surface area is 123 Å². The summed E-state index contributed by atoms with van der Waals surface area (Å²) in [4.78, 5) is 12.3. The Balaban J connectivity index is 1.76. The largest absolute Gasteiger partial charge is 0.451 e. The number of carbonyl (C=O) groups is 1. The SMILES string of the molecule is Nc1ccc2oc(C(=O)NC3CCCCCC3O)cc2c1. The van der Waals surface area contributed by atoms with E-state index >= 15 is 0 Å². The van der Waals surface area contributed by atoms with Crippen molar-refractivity contribution in [2.24, 2.45) is 0 Å². The van der Waals surface area contributed by atoms with Crippen molar-refractivity contribution < 1.29 is 14.3 Å². The fourth-order valence-corrected chi connectivity index (χ4v) is 2.87. The Hall–Kier alpha value is -2.01. The van der Waals surface area contributed by atoms with Crippen LogP contribution >= 0.6 is 0 Å². The van der Waals surface area contributed by atoms with Gasteiger partial charge in [-0.05, 0) is 37.1 Å². The molecule has 0 radical (unpaired) electrons. The molecule has 112 valence electrons. The van der Waals surface area contributed by atoms with Crippen LogP contribution < -0.4 is 11.1 Å². The molecule has 1 aliphatic rings. The van der Waals surface area contributed by atoms with Crippen LogP contribution in [-0.2, 0) is 0 Å². The Morgan fingerprint density at radius 3 is 2.90 bits per heavy atom. The van der Waals surface area contributed by atoms with Gasteiger partial charge in [0.25, 0.3) is 5.91 Å². The van der Waals surface area contributed by atoms with E-state index in [4.69, 9.17) is 10.2 Å². The summed E-state index contributed by atoms with van der Waals surface area (Å²) in [5.41, 5.74) is 6.99. The van der Waals surface area contributed by atoms with Gasteiger partial charge in [0, 0.05) is 11.1 Å². The Bertz CT molecular complexity index is 650. The van der Waals surface area contributed by atoms with Crippen molar-refractivity contribution >= 4 is 22.6 Å². The van der Waals surface area contributed by atoms with E-state index in [1.165, 1.54) is 0 Å². The smallest absolute Gasteiger partial charge is 0.287 e. The average Bonchev–Trinajstić information content (AvgIpc) is 2.78. The zero-order valence-corrected chi connectivity index (χ0v) is 11.8. The van der Waals surface area contributed by atoms with Crippen molar-refractivity contribution in [3.8, 4) is 0 Å². The summed E-state index contributed by atoms with van der Waals surface area (Å²) >= 11 is 0. The Morgan fingerprint density at radius 1 is 1.24 bits per heavy atom. The number of furan rings is 1. The Morgan fingerprint density at radius 2 is 2.05 bits per heavy atom. The normalized spacial score (nSPS) is 22.9. The Kier molecular flexibility index (Phi) is 3.84. The fourth-order valence-electron chi connectivity index (χ4n) is 2.87. The third-order valence-corrected chi connectivity index (χ3v) is 4.06. The molecular formula is C16H20N2O3. The van der Waals surface area contributed by atoms with Crippen molar-refractivity contribution in [3.63, 3.8) is 0 Å². The number of rotatable bonds is 2. The maximum absolute atomic E-state index is 12.3. The van der Waals surface area contributed by atoms with Gasteiger partial charge in [0.1, 0.15) is 5.58 Å². The summed E-state index contributed by atoms with van der Waals surface area (Å²) in [6.07, 6.45) is 4.21. The van der Waals surface area contributed by atoms with E-state index in [1.54, 1.807) is 24.3 Å². The minimum absolute atomic E-state index is 0.196. The van der Waals surface area contributed by atoms with Gasteiger partial charge in [0.15, 0.2) is 5.76 Å². The molecule has 0 saturated heterocycles. The van der Waals surface area contributed by atoms with Crippen molar-refractivity contribution in [1.29, 1.82) is 0 Å². The molecule has 21 heavy (non-hydrogen) atoms. The lowest BCUT2D eigenvalue weighted by Crippen LogP contribution is -2.42. The molecule has 2 unspecified atom stereocenters. The molecule has 1 aliphatic carbocycles. The number of fused-ring (bicyclic) bond motifs is 1. The summed E-state index contributed by atoms with van der Waals surface area (Å²) in [6, 6.07) is 6.75. The number of amides is 1. The quantitative estimate of drug-likeness (QED) is 0.585. The number of anilines is 1. The number of nitrogens with two attached hydrogens (primary N) is 1. The van der Waals surface area contributed by atoms with E-state index in [0.29, 0.717) is 11.3 Å². The molecule has 1 saturated carbocycles. The molecule has 0 bridgehead atoms. The van der Waals surface area contributed by atoms with E-state index < -0.39 is 6.10 Å². The van der Waals surface area contributed by atoms with Gasteiger partial charge in [-0.15, -0.1) is 0 Å². The first-order valence-corrected chi connectivity index (χ1v) is 7.41. The number of carbonyl (C=O) groups excluding carboxylic acids is 1. The van der Waals surface area contributed by atoms with Gasteiger partial charge in [-0.1, -0.05) is 19.3 Å². The summed E-state index contributed by atoms with van der Waals surface area (Å²) in [5, 5.41) is 13.8. The van der Waals surface area contributed by atoms with E-state index in [1.807, 2.05) is 0 Å². The van der Waals surface area contributed by atoms with Gasteiger partial charge in [-0.3, -0.25) is 4.79 Å². The zero-order valence-electron chi connectivity index (χ0n) is 11.8. The lowest BCUT2D eigenvalue weighted by atomic mass is 10.1. The average molecular weight is 288 g/mol. The molecule has 5 nitrogen and oxygen atoms in total. The van der Waals surface area contributed by atoms with E-state index in [9.17, 15) is 9.90 Å². The predicted octanol–water partition coefficient (Wildman–Crippen LogP) is 2.44. The van der Waals surface area contributed by atoms with Gasteiger partial charge in [-0.2, -0.15) is 0 Å². The molecule has 1 aromatic heterocycles. The zero-order chi connectivity index (χ0) is 14.8. The number of hydrogen-bond acceptors (Lipinski definition) is 4.